The van der Waals surface area contributed by atoms with Gasteiger partial charge < -0.3 is 9.84 Å². The molecule has 0 aliphatic heterocycles. The number of carbonyl (C=O) groups is 1. The second kappa shape index (κ2) is 12.3. The molecule has 3 heteroatoms. The molecule has 3 rings (SSSR count). The number of hydrogen-bond acceptors (Lipinski definition) is 3. The third-order valence-corrected chi connectivity index (χ3v) is 6.24. The summed E-state index contributed by atoms with van der Waals surface area (Å²) in [4.78, 5) is 11.8. The molecular weight excluding hydrogens is 420 g/mol. The Morgan fingerprint density at radius 2 is 1.53 bits per heavy atom. The quantitative estimate of drug-likeness (QED) is 0.185. The summed E-state index contributed by atoms with van der Waals surface area (Å²) >= 11 is 0. The van der Waals surface area contributed by atoms with Gasteiger partial charge in [-0.15, -0.1) is 0 Å². The first-order chi connectivity index (χ1) is 16.5. The van der Waals surface area contributed by atoms with Gasteiger partial charge in [0.15, 0.2) is 0 Å². The van der Waals surface area contributed by atoms with Crippen LogP contribution in [-0.2, 0) is 35.6 Å². The molecule has 0 spiro atoms. The van der Waals surface area contributed by atoms with Crippen LogP contribution in [0.15, 0.2) is 72.8 Å². The van der Waals surface area contributed by atoms with E-state index in [0.29, 0.717) is 5.57 Å². The van der Waals surface area contributed by atoms with Crippen LogP contribution in [0.2, 0.25) is 0 Å². The smallest absolute Gasteiger partial charge is 0.333 e. The number of aryl methyl sites for hydroxylation is 2. The minimum atomic E-state index is -0.427. The van der Waals surface area contributed by atoms with Gasteiger partial charge in [-0.25, -0.2) is 4.79 Å². The van der Waals surface area contributed by atoms with E-state index in [0.717, 1.165) is 35.1 Å². The molecule has 0 radical (unpaired) electrons. The van der Waals surface area contributed by atoms with Crippen molar-refractivity contribution in [2.24, 2.45) is 0 Å². The normalized spacial score (nSPS) is 10.8. The molecule has 0 saturated carbocycles. The molecule has 1 N–H and O–H groups in total. The summed E-state index contributed by atoms with van der Waals surface area (Å²) in [5.74, 6) is -0.427. The summed E-state index contributed by atoms with van der Waals surface area (Å²) < 4.78 is 5.35. The van der Waals surface area contributed by atoms with Crippen molar-refractivity contribution in [1.29, 1.82) is 0 Å². The maximum Gasteiger partial charge on any atom is 0.333 e. The minimum absolute atomic E-state index is 0.103. The van der Waals surface area contributed by atoms with Gasteiger partial charge >= 0.3 is 5.97 Å². The maximum atomic E-state index is 11.8. The highest BCUT2D eigenvalue weighted by Gasteiger charge is 2.12. The average Bonchev–Trinajstić information content (AvgIpc) is 2.87. The number of aliphatic hydroxyl groups excluding tert-OH is 1. The topological polar surface area (TPSA) is 46.5 Å². The fourth-order valence-electron chi connectivity index (χ4n) is 4.14. The van der Waals surface area contributed by atoms with Crippen molar-refractivity contribution < 1.29 is 14.6 Å². The number of unbranched alkanes of at least 4 members (excludes halogenated alkanes) is 2. The summed E-state index contributed by atoms with van der Waals surface area (Å²) in [6, 6.07) is 21.5. The first kappa shape index (κ1) is 25.5. The molecule has 0 heterocycles. The number of hydrogen-bond donors (Lipinski definition) is 1. The van der Waals surface area contributed by atoms with E-state index in [9.17, 15) is 9.90 Å². The van der Waals surface area contributed by atoms with Crippen LogP contribution in [0.4, 0.5) is 0 Å². The highest BCUT2D eigenvalue weighted by molar-refractivity contribution is 5.87. The van der Waals surface area contributed by atoms with E-state index in [4.69, 9.17) is 4.74 Å². The number of ether oxygens (including phenoxy) is 1. The standard InChI is InChI=1S/C31H36O3/c1-5-7-8-9-23-10-12-25(13-11-23)26-16-17-30(24(6-2)18-26)27-14-15-28(20-32)29(19-27)21-34-31(33)22(3)4/h10-19,32H,3,5-9,20-21H2,1-2,4H3. The Morgan fingerprint density at radius 1 is 0.853 bits per heavy atom. The largest absolute Gasteiger partial charge is 0.457 e. The van der Waals surface area contributed by atoms with E-state index < -0.39 is 5.97 Å². The molecule has 178 valence electrons. The molecule has 0 bridgehead atoms. The van der Waals surface area contributed by atoms with Gasteiger partial charge in [-0.1, -0.05) is 87.9 Å². The SMILES string of the molecule is C=C(C)C(=O)OCc1cc(-c2ccc(-c3ccc(CCCCC)cc3)cc2CC)ccc1CO. The molecule has 34 heavy (non-hydrogen) atoms. The first-order valence-corrected chi connectivity index (χ1v) is 12.2. The van der Waals surface area contributed by atoms with Crippen LogP contribution in [0.25, 0.3) is 22.3 Å². The summed E-state index contributed by atoms with van der Waals surface area (Å²) in [5.41, 5.74) is 9.21. The molecule has 0 saturated heterocycles. The zero-order chi connectivity index (χ0) is 24.5. The molecular formula is C31H36O3. The number of benzene rings is 3. The first-order valence-electron chi connectivity index (χ1n) is 12.2. The lowest BCUT2D eigenvalue weighted by Gasteiger charge is -2.15. The lowest BCUT2D eigenvalue weighted by Crippen LogP contribution is -2.07. The van der Waals surface area contributed by atoms with E-state index >= 15 is 0 Å². The van der Waals surface area contributed by atoms with Gasteiger partial charge in [0, 0.05) is 5.57 Å². The van der Waals surface area contributed by atoms with E-state index in [1.54, 1.807) is 6.92 Å². The molecule has 0 amide bonds. The molecule has 0 fully saturated rings. The third kappa shape index (κ3) is 6.45. The Balaban J connectivity index is 1.86. The lowest BCUT2D eigenvalue weighted by atomic mass is 9.91. The third-order valence-electron chi connectivity index (χ3n) is 6.24. The van der Waals surface area contributed by atoms with Crippen molar-refractivity contribution >= 4 is 5.97 Å². The zero-order valence-corrected chi connectivity index (χ0v) is 20.7. The summed E-state index contributed by atoms with van der Waals surface area (Å²) in [7, 11) is 0. The molecule has 3 aromatic rings. The highest BCUT2D eigenvalue weighted by atomic mass is 16.5. The van der Waals surface area contributed by atoms with Gasteiger partial charge in [0.25, 0.3) is 0 Å². The van der Waals surface area contributed by atoms with Gasteiger partial charge in [-0.2, -0.15) is 0 Å². The van der Waals surface area contributed by atoms with Crippen LogP contribution in [-0.4, -0.2) is 11.1 Å². The lowest BCUT2D eigenvalue weighted by molar-refractivity contribution is -0.140. The van der Waals surface area contributed by atoms with Crippen molar-refractivity contribution in [3.05, 3.63) is 95.1 Å². The van der Waals surface area contributed by atoms with Crippen LogP contribution < -0.4 is 0 Å². The van der Waals surface area contributed by atoms with Crippen molar-refractivity contribution in [2.45, 2.75) is 66.1 Å². The van der Waals surface area contributed by atoms with E-state index in [1.807, 2.05) is 18.2 Å². The Kier molecular flexibility index (Phi) is 9.24. The summed E-state index contributed by atoms with van der Waals surface area (Å²) in [5, 5.41) is 9.74. The van der Waals surface area contributed by atoms with Crippen LogP contribution in [0, 0.1) is 0 Å². The molecule has 0 unspecified atom stereocenters. The van der Waals surface area contributed by atoms with E-state index in [-0.39, 0.29) is 13.2 Å². The minimum Gasteiger partial charge on any atom is -0.457 e. The number of esters is 1. The Labute approximate surface area is 204 Å². The monoisotopic (exact) mass is 456 g/mol. The molecule has 0 aliphatic carbocycles. The Morgan fingerprint density at radius 3 is 2.18 bits per heavy atom. The maximum absolute atomic E-state index is 11.8. The predicted octanol–water partition coefficient (Wildman–Crippen LogP) is 7.43. The fraction of sp³-hybridized carbons (Fsp3) is 0.323. The van der Waals surface area contributed by atoms with Crippen molar-refractivity contribution in [3.63, 3.8) is 0 Å². The zero-order valence-electron chi connectivity index (χ0n) is 20.7. The van der Waals surface area contributed by atoms with Gasteiger partial charge in [-0.3, -0.25) is 0 Å². The summed E-state index contributed by atoms with van der Waals surface area (Å²) in [6.07, 6.45) is 5.81. The van der Waals surface area contributed by atoms with Crippen molar-refractivity contribution in [1.82, 2.24) is 0 Å². The highest BCUT2D eigenvalue weighted by Crippen LogP contribution is 2.31. The molecule has 0 aromatic heterocycles. The number of aliphatic hydroxyl groups is 1. The predicted molar refractivity (Wildman–Crippen MR) is 140 cm³/mol. The number of rotatable bonds is 11. The summed E-state index contributed by atoms with van der Waals surface area (Å²) in [6.45, 7) is 9.66. The van der Waals surface area contributed by atoms with Crippen LogP contribution >= 0.6 is 0 Å². The molecule has 3 nitrogen and oxygen atoms in total. The van der Waals surface area contributed by atoms with Crippen LogP contribution in [0.5, 0.6) is 0 Å². The van der Waals surface area contributed by atoms with Gasteiger partial charge in [0.05, 0.1) is 6.61 Å². The molecule has 0 atom stereocenters. The average molecular weight is 457 g/mol. The Hall–Kier alpha value is -3.17. The van der Waals surface area contributed by atoms with Crippen molar-refractivity contribution in [2.75, 3.05) is 0 Å². The van der Waals surface area contributed by atoms with Gasteiger partial charge in [-0.05, 0) is 76.8 Å². The van der Waals surface area contributed by atoms with Crippen molar-refractivity contribution in [3.8, 4) is 22.3 Å². The molecule has 0 aliphatic rings. The van der Waals surface area contributed by atoms with Crippen LogP contribution in [0.3, 0.4) is 0 Å². The van der Waals surface area contributed by atoms with E-state index in [1.165, 1.54) is 41.5 Å². The van der Waals surface area contributed by atoms with Crippen LogP contribution in [0.1, 0.15) is 62.3 Å². The second-order valence-electron chi connectivity index (χ2n) is 8.88. The fourth-order valence-corrected chi connectivity index (χ4v) is 4.14. The van der Waals surface area contributed by atoms with Gasteiger partial charge in [0.1, 0.15) is 6.61 Å². The molecule has 3 aromatic carbocycles. The van der Waals surface area contributed by atoms with E-state index in [2.05, 4.69) is 62.9 Å². The second-order valence-corrected chi connectivity index (χ2v) is 8.88. The Bertz CT molecular complexity index is 1130. The van der Waals surface area contributed by atoms with Gasteiger partial charge in [0.2, 0.25) is 0 Å². The number of carbonyl (C=O) groups excluding carboxylic acids is 1.